The lowest BCUT2D eigenvalue weighted by Crippen LogP contribution is -2.33. The number of carbonyl (C=O) groups excluding carboxylic acids is 1. The molecule has 1 aliphatic rings. The van der Waals surface area contributed by atoms with Crippen molar-refractivity contribution in [3.05, 3.63) is 28.5 Å². The standard InChI is InChI=1S/C16H20N2O3S/c1-10-6-7-13(21-10)15-17-11(2)14(22-15)16(19)18(3)9-12-5-4-8-20-12/h6-7,12H,4-5,8-9H2,1-3H3. The first kappa shape index (κ1) is 15.2. The van der Waals surface area contributed by atoms with Gasteiger partial charge in [0.15, 0.2) is 10.8 Å². The molecule has 1 atom stereocenters. The van der Waals surface area contributed by atoms with E-state index in [2.05, 4.69) is 4.98 Å². The Balaban J connectivity index is 1.76. The van der Waals surface area contributed by atoms with Crippen molar-refractivity contribution >= 4 is 17.2 Å². The lowest BCUT2D eigenvalue weighted by atomic mass is 10.2. The summed E-state index contributed by atoms with van der Waals surface area (Å²) < 4.78 is 11.2. The number of amides is 1. The van der Waals surface area contributed by atoms with Gasteiger partial charge >= 0.3 is 0 Å². The molecule has 5 nitrogen and oxygen atoms in total. The largest absolute Gasteiger partial charge is 0.459 e. The Labute approximate surface area is 133 Å². The van der Waals surface area contributed by atoms with Crippen molar-refractivity contribution < 1.29 is 13.9 Å². The molecule has 1 aliphatic heterocycles. The number of nitrogens with zero attached hydrogens (tertiary/aromatic N) is 2. The monoisotopic (exact) mass is 320 g/mol. The highest BCUT2D eigenvalue weighted by Crippen LogP contribution is 2.30. The SMILES string of the molecule is Cc1ccc(-c2nc(C)c(C(=O)N(C)CC3CCCO3)s2)o1. The summed E-state index contributed by atoms with van der Waals surface area (Å²) in [7, 11) is 1.82. The molecule has 3 heterocycles. The Morgan fingerprint density at radius 1 is 1.45 bits per heavy atom. The van der Waals surface area contributed by atoms with Crippen LogP contribution in [0.3, 0.4) is 0 Å². The van der Waals surface area contributed by atoms with Crippen LogP contribution in [-0.2, 0) is 4.74 Å². The van der Waals surface area contributed by atoms with E-state index in [0.717, 1.165) is 35.9 Å². The van der Waals surface area contributed by atoms with Crippen molar-refractivity contribution in [1.29, 1.82) is 0 Å². The van der Waals surface area contributed by atoms with Gasteiger partial charge in [-0.2, -0.15) is 0 Å². The Morgan fingerprint density at radius 2 is 2.27 bits per heavy atom. The van der Waals surface area contributed by atoms with Crippen LogP contribution in [0.2, 0.25) is 0 Å². The third kappa shape index (κ3) is 3.08. The quantitative estimate of drug-likeness (QED) is 0.867. The Hall–Kier alpha value is -1.66. The van der Waals surface area contributed by atoms with Crippen LogP contribution in [0.4, 0.5) is 0 Å². The summed E-state index contributed by atoms with van der Waals surface area (Å²) >= 11 is 1.38. The molecule has 118 valence electrons. The smallest absolute Gasteiger partial charge is 0.265 e. The van der Waals surface area contributed by atoms with Gasteiger partial charge in [0.25, 0.3) is 5.91 Å². The highest BCUT2D eigenvalue weighted by molar-refractivity contribution is 7.17. The topological polar surface area (TPSA) is 55.6 Å². The number of furan rings is 1. The maximum atomic E-state index is 12.6. The normalized spacial score (nSPS) is 17.9. The highest BCUT2D eigenvalue weighted by Gasteiger charge is 2.24. The number of thiazole rings is 1. The van der Waals surface area contributed by atoms with Crippen LogP contribution in [0.15, 0.2) is 16.5 Å². The molecule has 0 N–H and O–H groups in total. The van der Waals surface area contributed by atoms with E-state index in [1.807, 2.05) is 33.0 Å². The fourth-order valence-electron chi connectivity index (χ4n) is 2.60. The van der Waals surface area contributed by atoms with Crippen LogP contribution in [0.1, 0.15) is 34.0 Å². The van der Waals surface area contributed by atoms with Crippen molar-refractivity contribution in [2.24, 2.45) is 0 Å². The second-order valence-corrected chi connectivity index (χ2v) is 6.66. The summed E-state index contributed by atoms with van der Waals surface area (Å²) in [5.41, 5.74) is 0.748. The van der Waals surface area contributed by atoms with E-state index in [0.29, 0.717) is 17.2 Å². The Kier molecular flexibility index (Phi) is 4.31. The van der Waals surface area contributed by atoms with E-state index in [-0.39, 0.29) is 12.0 Å². The lowest BCUT2D eigenvalue weighted by molar-refractivity contribution is 0.0590. The maximum absolute atomic E-state index is 12.6. The number of rotatable bonds is 4. The van der Waals surface area contributed by atoms with E-state index in [4.69, 9.17) is 9.15 Å². The summed E-state index contributed by atoms with van der Waals surface area (Å²) in [5.74, 6) is 1.55. The molecule has 0 radical (unpaired) electrons. The second-order valence-electron chi connectivity index (χ2n) is 5.66. The van der Waals surface area contributed by atoms with Crippen LogP contribution in [0, 0.1) is 13.8 Å². The van der Waals surface area contributed by atoms with Gasteiger partial charge in [0.1, 0.15) is 10.6 Å². The van der Waals surface area contributed by atoms with E-state index in [1.165, 1.54) is 11.3 Å². The molecule has 6 heteroatoms. The zero-order valence-corrected chi connectivity index (χ0v) is 13.9. The minimum absolute atomic E-state index is 0.0000260. The number of ether oxygens (including phenoxy) is 1. The van der Waals surface area contributed by atoms with Crippen LogP contribution in [0.5, 0.6) is 0 Å². The third-order valence-electron chi connectivity index (χ3n) is 3.79. The molecule has 1 unspecified atom stereocenters. The number of hydrogen-bond donors (Lipinski definition) is 0. The van der Waals surface area contributed by atoms with Gasteiger partial charge in [-0.1, -0.05) is 0 Å². The summed E-state index contributed by atoms with van der Waals surface area (Å²) in [6.45, 7) is 5.19. The van der Waals surface area contributed by atoms with E-state index in [9.17, 15) is 4.79 Å². The number of likely N-dealkylation sites (N-methyl/N-ethyl adjacent to an activating group) is 1. The molecule has 22 heavy (non-hydrogen) atoms. The van der Waals surface area contributed by atoms with Crippen molar-refractivity contribution in [2.75, 3.05) is 20.2 Å². The van der Waals surface area contributed by atoms with Crippen LogP contribution in [-0.4, -0.2) is 42.1 Å². The Morgan fingerprint density at radius 3 is 2.91 bits per heavy atom. The fourth-order valence-corrected chi connectivity index (χ4v) is 3.62. The Bertz CT molecular complexity index is 671. The van der Waals surface area contributed by atoms with Gasteiger partial charge in [0.2, 0.25) is 0 Å². The molecule has 0 saturated carbocycles. The van der Waals surface area contributed by atoms with Gasteiger partial charge in [-0.15, -0.1) is 11.3 Å². The van der Waals surface area contributed by atoms with Gasteiger partial charge < -0.3 is 14.1 Å². The van der Waals surface area contributed by atoms with Gasteiger partial charge in [-0.25, -0.2) is 4.98 Å². The molecule has 0 aliphatic carbocycles. The van der Waals surface area contributed by atoms with Crippen molar-refractivity contribution in [2.45, 2.75) is 32.8 Å². The number of hydrogen-bond acceptors (Lipinski definition) is 5. The van der Waals surface area contributed by atoms with Crippen LogP contribution >= 0.6 is 11.3 Å². The highest BCUT2D eigenvalue weighted by atomic mass is 32.1. The molecular weight excluding hydrogens is 300 g/mol. The molecule has 0 bridgehead atoms. The summed E-state index contributed by atoms with van der Waals surface area (Å²) in [6.07, 6.45) is 2.26. The number of aryl methyl sites for hydroxylation is 2. The first-order chi connectivity index (χ1) is 10.5. The number of aromatic nitrogens is 1. The van der Waals surface area contributed by atoms with Crippen LogP contribution < -0.4 is 0 Å². The third-order valence-corrected chi connectivity index (χ3v) is 4.95. The predicted octanol–water partition coefficient (Wildman–Crippen LogP) is 3.27. The average Bonchev–Trinajstić information content (AvgIpc) is 3.19. The fraction of sp³-hybridized carbons (Fsp3) is 0.500. The van der Waals surface area contributed by atoms with E-state index >= 15 is 0 Å². The first-order valence-electron chi connectivity index (χ1n) is 7.46. The summed E-state index contributed by atoms with van der Waals surface area (Å²) in [4.78, 5) is 19.5. The van der Waals surface area contributed by atoms with Gasteiger partial charge in [0, 0.05) is 20.2 Å². The van der Waals surface area contributed by atoms with E-state index in [1.54, 1.807) is 4.90 Å². The lowest BCUT2D eigenvalue weighted by Gasteiger charge is -2.20. The molecule has 0 aromatic carbocycles. The molecule has 0 spiro atoms. The van der Waals surface area contributed by atoms with Crippen LogP contribution in [0.25, 0.3) is 10.8 Å². The maximum Gasteiger partial charge on any atom is 0.265 e. The van der Waals surface area contributed by atoms with Gasteiger partial charge in [-0.3, -0.25) is 4.79 Å². The van der Waals surface area contributed by atoms with E-state index < -0.39 is 0 Å². The molecule has 3 rings (SSSR count). The summed E-state index contributed by atoms with van der Waals surface area (Å²) in [6, 6.07) is 3.79. The first-order valence-corrected chi connectivity index (χ1v) is 8.27. The molecule has 2 aromatic heterocycles. The minimum Gasteiger partial charge on any atom is -0.459 e. The van der Waals surface area contributed by atoms with Gasteiger partial charge in [-0.05, 0) is 38.8 Å². The molecule has 1 amide bonds. The molecule has 1 fully saturated rings. The minimum atomic E-state index is 0.0000260. The zero-order chi connectivity index (χ0) is 15.7. The second kappa shape index (κ2) is 6.22. The zero-order valence-electron chi connectivity index (χ0n) is 13.1. The van der Waals surface area contributed by atoms with Crippen molar-refractivity contribution in [1.82, 2.24) is 9.88 Å². The van der Waals surface area contributed by atoms with Gasteiger partial charge in [0.05, 0.1) is 11.8 Å². The molecular formula is C16H20N2O3S. The summed E-state index contributed by atoms with van der Waals surface area (Å²) in [5, 5.41) is 0.750. The van der Waals surface area contributed by atoms with Crippen molar-refractivity contribution in [3.63, 3.8) is 0 Å². The number of carbonyl (C=O) groups is 1. The van der Waals surface area contributed by atoms with Crippen molar-refractivity contribution in [3.8, 4) is 10.8 Å². The molecule has 2 aromatic rings. The molecule has 1 saturated heterocycles. The predicted molar refractivity (Wildman–Crippen MR) is 85.2 cm³/mol. The average molecular weight is 320 g/mol.